The molecule has 1 aliphatic heterocycles. The maximum Gasteiger partial charge on any atom is 0.243 e. The van der Waals surface area contributed by atoms with Gasteiger partial charge < -0.3 is 4.90 Å². The molecule has 0 aromatic heterocycles. The number of carbonyl (C=O) groups excluding carboxylic acids is 1. The van der Waals surface area contributed by atoms with E-state index in [1.54, 1.807) is 29.2 Å². The minimum Gasteiger partial charge on any atom is -0.339 e. The zero-order valence-electron chi connectivity index (χ0n) is 23.1. The van der Waals surface area contributed by atoms with Crippen molar-refractivity contribution in [1.29, 1.82) is 0 Å². The van der Waals surface area contributed by atoms with Crippen LogP contribution in [-0.4, -0.2) is 61.2 Å². The maximum atomic E-state index is 13.7. The highest BCUT2D eigenvalue weighted by molar-refractivity contribution is 9.10. The number of piperazine rings is 1. The summed E-state index contributed by atoms with van der Waals surface area (Å²) in [6.45, 7) is 4.26. The lowest BCUT2D eigenvalue weighted by Gasteiger charge is -2.40. The first-order valence-corrected chi connectivity index (χ1v) is 16.0. The smallest absolute Gasteiger partial charge is 0.243 e. The second kappa shape index (κ2) is 13.1. The predicted octanol–water partition coefficient (Wildman–Crippen LogP) is 5.88. The highest BCUT2D eigenvalue weighted by atomic mass is 79.9. The first kappa shape index (κ1) is 29.2. The topological polar surface area (TPSA) is 60.9 Å². The Morgan fingerprint density at radius 2 is 1.32 bits per heavy atom. The van der Waals surface area contributed by atoms with Gasteiger partial charge in [-0.15, -0.1) is 0 Å². The number of benzene rings is 4. The Morgan fingerprint density at radius 3 is 1.85 bits per heavy atom. The standard InChI is InChI=1S/C33H34BrN3O3S/c1-26-12-18-31(19-13-26)41(39,40)37(24-27-14-16-30(34)17-15-27)25-32(38)35-20-22-36(23-21-35)33(28-8-4-2-5-9-28)29-10-6-3-7-11-29/h2-19,33H,20-25H2,1H3. The van der Waals surface area contributed by atoms with Crippen molar-refractivity contribution >= 4 is 31.9 Å². The van der Waals surface area contributed by atoms with Crippen molar-refractivity contribution in [2.75, 3.05) is 32.7 Å². The van der Waals surface area contributed by atoms with Crippen molar-refractivity contribution < 1.29 is 13.2 Å². The number of nitrogens with zero attached hydrogens (tertiary/aromatic N) is 3. The molecule has 4 aromatic carbocycles. The fraction of sp³-hybridized carbons (Fsp3) is 0.242. The van der Waals surface area contributed by atoms with E-state index in [2.05, 4.69) is 69.4 Å². The van der Waals surface area contributed by atoms with Crippen molar-refractivity contribution in [2.24, 2.45) is 0 Å². The van der Waals surface area contributed by atoms with Gasteiger partial charge in [0.2, 0.25) is 15.9 Å². The van der Waals surface area contributed by atoms with Gasteiger partial charge in [0.05, 0.1) is 17.5 Å². The summed E-state index contributed by atoms with van der Waals surface area (Å²) in [6.07, 6.45) is 0. The van der Waals surface area contributed by atoms with Crippen LogP contribution < -0.4 is 0 Å². The monoisotopic (exact) mass is 631 g/mol. The summed E-state index contributed by atoms with van der Waals surface area (Å²) in [5.74, 6) is -0.187. The van der Waals surface area contributed by atoms with Crippen LogP contribution in [-0.2, 0) is 21.4 Å². The Balaban J connectivity index is 1.32. The van der Waals surface area contributed by atoms with E-state index in [9.17, 15) is 13.2 Å². The van der Waals surface area contributed by atoms with E-state index in [0.29, 0.717) is 26.2 Å². The van der Waals surface area contributed by atoms with Crippen molar-refractivity contribution in [2.45, 2.75) is 24.4 Å². The van der Waals surface area contributed by atoms with Gasteiger partial charge in [-0.3, -0.25) is 9.69 Å². The lowest BCUT2D eigenvalue weighted by atomic mass is 9.96. The quantitative estimate of drug-likeness (QED) is 0.231. The average Bonchev–Trinajstić information content (AvgIpc) is 3.00. The zero-order valence-corrected chi connectivity index (χ0v) is 25.5. The van der Waals surface area contributed by atoms with Crippen LogP contribution in [0.3, 0.4) is 0 Å². The van der Waals surface area contributed by atoms with Crippen LogP contribution >= 0.6 is 15.9 Å². The molecule has 0 bridgehead atoms. The Kier molecular flexibility index (Phi) is 9.35. The van der Waals surface area contributed by atoms with Crippen LogP contribution in [0, 0.1) is 6.92 Å². The number of halogens is 1. The van der Waals surface area contributed by atoms with Crippen molar-refractivity contribution in [3.63, 3.8) is 0 Å². The summed E-state index contributed by atoms with van der Waals surface area (Å²) in [7, 11) is -3.89. The molecule has 6 nitrogen and oxygen atoms in total. The molecule has 1 amide bonds. The third kappa shape index (κ3) is 7.13. The first-order valence-electron chi connectivity index (χ1n) is 13.7. The molecule has 8 heteroatoms. The van der Waals surface area contributed by atoms with Crippen molar-refractivity contribution in [3.05, 3.63) is 136 Å². The maximum absolute atomic E-state index is 13.7. The molecular formula is C33H34BrN3O3S. The second-order valence-corrected chi connectivity index (χ2v) is 13.2. The molecule has 5 rings (SSSR count). The van der Waals surface area contributed by atoms with Gasteiger partial charge in [0.25, 0.3) is 0 Å². The summed E-state index contributed by atoms with van der Waals surface area (Å²) in [4.78, 5) is 18.0. The van der Waals surface area contributed by atoms with Gasteiger partial charge >= 0.3 is 0 Å². The van der Waals surface area contributed by atoms with Crippen LogP contribution in [0.5, 0.6) is 0 Å². The molecule has 0 aliphatic carbocycles. The SMILES string of the molecule is Cc1ccc(S(=O)(=O)N(CC(=O)N2CCN(C(c3ccccc3)c3ccccc3)CC2)Cc2ccc(Br)cc2)cc1. The van der Waals surface area contributed by atoms with E-state index in [1.165, 1.54) is 15.4 Å². The van der Waals surface area contributed by atoms with E-state index in [0.717, 1.165) is 15.6 Å². The molecule has 0 radical (unpaired) electrons. The van der Waals surface area contributed by atoms with Gasteiger partial charge in [0, 0.05) is 37.2 Å². The lowest BCUT2D eigenvalue weighted by molar-refractivity contribution is -0.133. The zero-order chi connectivity index (χ0) is 28.8. The van der Waals surface area contributed by atoms with Gasteiger partial charge in [-0.2, -0.15) is 4.31 Å². The number of hydrogen-bond donors (Lipinski definition) is 0. The number of aryl methyl sites for hydroxylation is 1. The predicted molar refractivity (Wildman–Crippen MR) is 166 cm³/mol. The molecule has 1 heterocycles. The summed E-state index contributed by atoms with van der Waals surface area (Å²) in [5, 5.41) is 0. The normalized spacial score (nSPS) is 14.5. The van der Waals surface area contributed by atoms with Crippen LogP contribution in [0.2, 0.25) is 0 Å². The van der Waals surface area contributed by atoms with Gasteiger partial charge in [0.1, 0.15) is 0 Å². The third-order valence-electron chi connectivity index (χ3n) is 7.51. The third-order valence-corrected chi connectivity index (χ3v) is 9.84. The number of rotatable bonds is 9. The van der Waals surface area contributed by atoms with Crippen LogP contribution in [0.15, 0.2) is 119 Å². The fourth-order valence-electron chi connectivity index (χ4n) is 5.24. The molecule has 0 atom stereocenters. The molecule has 212 valence electrons. The van der Waals surface area contributed by atoms with Crippen molar-refractivity contribution in [1.82, 2.24) is 14.1 Å². The van der Waals surface area contributed by atoms with Crippen LogP contribution in [0.25, 0.3) is 0 Å². The summed E-state index contributed by atoms with van der Waals surface area (Å²) >= 11 is 3.44. The summed E-state index contributed by atoms with van der Waals surface area (Å²) in [6, 6.07) is 35.2. The highest BCUT2D eigenvalue weighted by Gasteiger charge is 2.32. The first-order chi connectivity index (χ1) is 19.8. The Labute approximate surface area is 251 Å². The number of sulfonamides is 1. The molecule has 0 spiro atoms. The number of hydrogen-bond acceptors (Lipinski definition) is 4. The molecule has 1 aliphatic rings. The van der Waals surface area contributed by atoms with Gasteiger partial charge in [0.15, 0.2) is 0 Å². The molecule has 0 saturated carbocycles. The van der Waals surface area contributed by atoms with E-state index in [4.69, 9.17) is 0 Å². The minimum absolute atomic E-state index is 0.0884. The molecule has 1 saturated heterocycles. The van der Waals surface area contributed by atoms with E-state index in [1.807, 2.05) is 43.3 Å². The molecule has 4 aromatic rings. The molecule has 0 N–H and O–H groups in total. The van der Waals surface area contributed by atoms with E-state index < -0.39 is 10.0 Å². The average molecular weight is 633 g/mol. The summed E-state index contributed by atoms with van der Waals surface area (Å²) in [5.41, 5.74) is 4.21. The number of carbonyl (C=O) groups is 1. The highest BCUT2D eigenvalue weighted by Crippen LogP contribution is 2.29. The molecule has 41 heavy (non-hydrogen) atoms. The van der Waals surface area contributed by atoms with Crippen molar-refractivity contribution in [3.8, 4) is 0 Å². The van der Waals surface area contributed by atoms with Gasteiger partial charge in [-0.25, -0.2) is 8.42 Å². The molecule has 0 unspecified atom stereocenters. The van der Waals surface area contributed by atoms with E-state index >= 15 is 0 Å². The Bertz CT molecular complexity index is 1500. The molecule has 1 fully saturated rings. The van der Waals surface area contributed by atoms with Gasteiger partial charge in [-0.05, 0) is 47.9 Å². The second-order valence-electron chi connectivity index (χ2n) is 10.4. The fourth-order valence-corrected chi connectivity index (χ4v) is 6.89. The van der Waals surface area contributed by atoms with E-state index in [-0.39, 0.29) is 29.9 Å². The molecular weight excluding hydrogens is 598 g/mol. The van der Waals surface area contributed by atoms with Crippen LogP contribution in [0.4, 0.5) is 0 Å². The Hall–Kier alpha value is -3.30. The Morgan fingerprint density at radius 1 is 0.780 bits per heavy atom. The summed E-state index contributed by atoms with van der Waals surface area (Å²) < 4.78 is 29.7. The number of amides is 1. The van der Waals surface area contributed by atoms with Crippen LogP contribution in [0.1, 0.15) is 28.3 Å². The van der Waals surface area contributed by atoms with Gasteiger partial charge in [-0.1, -0.05) is 106 Å². The lowest BCUT2D eigenvalue weighted by Crippen LogP contribution is -2.52. The minimum atomic E-state index is -3.89. The largest absolute Gasteiger partial charge is 0.339 e.